The van der Waals surface area contributed by atoms with Gasteiger partial charge in [-0.2, -0.15) is 0 Å². The van der Waals surface area contributed by atoms with Gasteiger partial charge in [0.2, 0.25) is 0 Å². The summed E-state index contributed by atoms with van der Waals surface area (Å²) >= 11 is 1.21. The second-order valence-corrected chi connectivity index (χ2v) is 10.2. The fourth-order valence-electron chi connectivity index (χ4n) is 4.34. The smallest absolute Gasteiger partial charge is 0.338 e. The van der Waals surface area contributed by atoms with Crippen molar-refractivity contribution in [1.29, 1.82) is 0 Å². The van der Waals surface area contributed by atoms with Crippen LogP contribution in [0, 0.1) is 0 Å². The molecule has 10 heteroatoms. The molecule has 40 heavy (non-hydrogen) atoms. The van der Waals surface area contributed by atoms with Crippen molar-refractivity contribution in [2.45, 2.75) is 39.8 Å². The number of thiazole rings is 1. The number of aromatic nitrogens is 1. The lowest BCUT2D eigenvalue weighted by molar-refractivity contribution is -0.143. The molecule has 210 valence electrons. The molecule has 1 aromatic heterocycles. The maximum absolute atomic E-state index is 13.9. The summed E-state index contributed by atoms with van der Waals surface area (Å²) in [6.07, 6.45) is 2.97. The van der Waals surface area contributed by atoms with Crippen molar-refractivity contribution >= 4 is 23.4 Å². The van der Waals surface area contributed by atoms with Crippen molar-refractivity contribution in [2.24, 2.45) is 4.99 Å². The van der Waals surface area contributed by atoms with Crippen LogP contribution in [-0.4, -0.2) is 42.1 Å². The lowest BCUT2D eigenvalue weighted by atomic mass is 9.95. The van der Waals surface area contributed by atoms with E-state index in [0.717, 1.165) is 0 Å². The molecular formula is C30H32N2O7S. The number of fused-ring (bicyclic) bond motifs is 1. The highest BCUT2D eigenvalue weighted by Crippen LogP contribution is 2.36. The molecule has 0 radical (unpaired) electrons. The highest BCUT2D eigenvalue weighted by molar-refractivity contribution is 7.07. The summed E-state index contributed by atoms with van der Waals surface area (Å²) in [7, 11) is 1.52. The Labute approximate surface area is 235 Å². The van der Waals surface area contributed by atoms with E-state index in [-0.39, 0.29) is 23.0 Å². The van der Waals surface area contributed by atoms with Gasteiger partial charge >= 0.3 is 5.97 Å². The number of carbonyl (C=O) groups is 1. The van der Waals surface area contributed by atoms with Crippen LogP contribution in [0.2, 0.25) is 0 Å². The van der Waals surface area contributed by atoms with Crippen molar-refractivity contribution in [2.75, 3.05) is 20.3 Å². The minimum atomic E-state index is -0.814. The fourth-order valence-corrected chi connectivity index (χ4v) is 5.39. The van der Waals surface area contributed by atoms with Crippen LogP contribution in [0.5, 0.6) is 23.0 Å². The number of phenolic OH excluding ortho intramolecular Hbond substituents is 1. The highest BCUT2D eigenvalue weighted by atomic mass is 32.1. The zero-order chi connectivity index (χ0) is 29.0. The molecule has 0 bridgehead atoms. The quantitative estimate of drug-likeness (QED) is 0.294. The Morgan fingerprint density at radius 1 is 1.18 bits per heavy atom. The van der Waals surface area contributed by atoms with Crippen LogP contribution in [0.1, 0.15) is 44.9 Å². The van der Waals surface area contributed by atoms with E-state index < -0.39 is 12.0 Å². The Morgan fingerprint density at radius 2 is 1.95 bits per heavy atom. The zero-order valence-corrected chi connectivity index (χ0v) is 23.9. The first-order valence-electron chi connectivity index (χ1n) is 12.8. The number of nitrogens with zero attached hydrogens (tertiary/aromatic N) is 2. The minimum absolute atomic E-state index is 0.0128. The van der Waals surface area contributed by atoms with Crippen LogP contribution in [-0.2, 0) is 9.53 Å². The van der Waals surface area contributed by atoms with Crippen molar-refractivity contribution in [3.05, 3.63) is 91.1 Å². The molecule has 4 rings (SSSR count). The number of ether oxygens (including phenoxy) is 4. The fraction of sp³-hybridized carbons (Fsp3) is 0.300. The van der Waals surface area contributed by atoms with Crippen LogP contribution in [0.3, 0.4) is 0 Å². The van der Waals surface area contributed by atoms with Gasteiger partial charge in [-0.15, -0.1) is 0 Å². The second-order valence-electron chi connectivity index (χ2n) is 9.21. The summed E-state index contributed by atoms with van der Waals surface area (Å²) in [5, 5.41) is 10.1. The minimum Gasteiger partial charge on any atom is -0.504 e. The van der Waals surface area contributed by atoms with Gasteiger partial charge in [0.25, 0.3) is 5.56 Å². The molecular weight excluding hydrogens is 532 g/mol. The standard InChI is InChI=1S/C30H32N2O7S/c1-7-13-38-22-12-10-20(16-24(22)36-6)27-26(29(35)39-17(3)4)18(5)31-30-32(27)28(34)25(40-30)15-19-9-11-21(33)23(14-19)37-8-2/h7,9-12,14-17,27,33H,1,8,13H2,2-6H3/b25-15-. The number of aromatic hydroxyl groups is 1. The monoisotopic (exact) mass is 564 g/mol. The van der Waals surface area contributed by atoms with Crippen molar-refractivity contribution < 1.29 is 28.8 Å². The van der Waals surface area contributed by atoms with Crippen molar-refractivity contribution in [3.63, 3.8) is 0 Å². The topological polar surface area (TPSA) is 109 Å². The van der Waals surface area contributed by atoms with Crippen LogP contribution < -0.4 is 29.1 Å². The summed E-state index contributed by atoms with van der Waals surface area (Å²) in [5.41, 5.74) is 1.69. The molecule has 1 N–H and O–H groups in total. The van der Waals surface area contributed by atoms with Crippen LogP contribution in [0.25, 0.3) is 6.08 Å². The maximum Gasteiger partial charge on any atom is 0.338 e. The Kier molecular flexibility index (Phi) is 8.79. The molecule has 2 aromatic carbocycles. The predicted molar refractivity (Wildman–Crippen MR) is 153 cm³/mol. The third-order valence-corrected chi connectivity index (χ3v) is 7.01. The van der Waals surface area contributed by atoms with E-state index in [1.54, 1.807) is 63.3 Å². The molecule has 1 aliphatic heterocycles. The van der Waals surface area contributed by atoms with Gasteiger partial charge in [-0.1, -0.05) is 36.1 Å². The van der Waals surface area contributed by atoms with E-state index in [4.69, 9.17) is 18.9 Å². The Morgan fingerprint density at radius 3 is 2.62 bits per heavy atom. The molecule has 1 unspecified atom stereocenters. The normalized spacial score (nSPS) is 14.9. The van der Waals surface area contributed by atoms with Gasteiger partial charge in [-0.25, -0.2) is 9.79 Å². The zero-order valence-electron chi connectivity index (χ0n) is 23.1. The third-order valence-electron chi connectivity index (χ3n) is 6.03. The molecule has 0 aliphatic carbocycles. The number of methoxy groups -OCH3 is 1. The van der Waals surface area contributed by atoms with Gasteiger partial charge in [-0.3, -0.25) is 9.36 Å². The van der Waals surface area contributed by atoms with E-state index in [0.29, 0.717) is 56.6 Å². The lowest BCUT2D eigenvalue weighted by Crippen LogP contribution is -2.40. The second kappa shape index (κ2) is 12.3. The molecule has 1 atom stereocenters. The largest absolute Gasteiger partial charge is 0.504 e. The number of phenols is 1. The van der Waals surface area contributed by atoms with E-state index >= 15 is 0 Å². The molecule has 0 fully saturated rings. The molecule has 0 saturated heterocycles. The first-order valence-corrected chi connectivity index (χ1v) is 13.6. The molecule has 9 nitrogen and oxygen atoms in total. The average molecular weight is 565 g/mol. The first kappa shape index (κ1) is 28.7. The summed E-state index contributed by atoms with van der Waals surface area (Å²) in [6.45, 7) is 11.4. The molecule has 1 aliphatic rings. The number of rotatable bonds is 10. The summed E-state index contributed by atoms with van der Waals surface area (Å²) in [6, 6.07) is 9.33. The number of allylic oxidation sites excluding steroid dienone is 1. The van der Waals surface area contributed by atoms with Gasteiger partial charge in [0.1, 0.15) is 6.61 Å². The van der Waals surface area contributed by atoms with Gasteiger partial charge in [-0.05, 0) is 69.2 Å². The molecule has 0 saturated carbocycles. The van der Waals surface area contributed by atoms with Gasteiger partial charge < -0.3 is 24.1 Å². The van der Waals surface area contributed by atoms with Crippen LogP contribution >= 0.6 is 11.3 Å². The third kappa shape index (κ3) is 5.81. The van der Waals surface area contributed by atoms with Crippen molar-refractivity contribution in [3.8, 4) is 23.0 Å². The number of benzene rings is 2. The van der Waals surface area contributed by atoms with E-state index in [2.05, 4.69) is 11.6 Å². The van der Waals surface area contributed by atoms with Gasteiger partial charge in [0.15, 0.2) is 27.8 Å². The van der Waals surface area contributed by atoms with E-state index in [1.165, 1.54) is 29.1 Å². The molecule has 2 heterocycles. The van der Waals surface area contributed by atoms with E-state index in [1.807, 2.05) is 6.92 Å². The average Bonchev–Trinajstić information content (AvgIpc) is 3.22. The van der Waals surface area contributed by atoms with Crippen LogP contribution in [0.15, 0.2) is 70.1 Å². The van der Waals surface area contributed by atoms with Crippen molar-refractivity contribution in [1.82, 2.24) is 4.57 Å². The Balaban J connectivity index is 1.92. The number of hydrogen-bond donors (Lipinski definition) is 1. The summed E-state index contributed by atoms with van der Waals surface area (Å²) in [5.74, 6) is 0.728. The SMILES string of the molecule is C=CCOc1ccc(C2C(C(=O)OC(C)C)=C(C)N=c3s/c(=C\c4ccc(O)c(OCC)c4)c(=O)n32)cc1OC. The number of esters is 1. The summed E-state index contributed by atoms with van der Waals surface area (Å²) < 4.78 is 24.2. The van der Waals surface area contributed by atoms with E-state index in [9.17, 15) is 14.7 Å². The maximum atomic E-state index is 13.9. The Bertz CT molecular complexity index is 1650. The Hall–Kier alpha value is -4.31. The van der Waals surface area contributed by atoms with Gasteiger partial charge in [0.05, 0.1) is 41.7 Å². The van der Waals surface area contributed by atoms with Crippen LogP contribution in [0.4, 0.5) is 0 Å². The lowest BCUT2D eigenvalue weighted by Gasteiger charge is -2.26. The first-order chi connectivity index (χ1) is 19.2. The molecule has 0 spiro atoms. The predicted octanol–water partition coefficient (Wildman–Crippen LogP) is 3.86. The molecule has 3 aromatic rings. The highest BCUT2D eigenvalue weighted by Gasteiger charge is 2.34. The number of hydrogen-bond acceptors (Lipinski definition) is 9. The summed E-state index contributed by atoms with van der Waals surface area (Å²) in [4.78, 5) is 32.3. The van der Waals surface area contributed by atoms with Gasteiger partial charge in [0, 0.05) is 0 Å². The number of carbonyl (C=O) groups excluding carboxylic acids is 1. The molecule has 0 amide bonds.